The molecule has 6 aromatic carbocycles. The Morgan fingerprint density at radius 2 is 1.00 bits per heavy atom. The summed E-state index contributed by atoms with van der Waals surface area (Å²) in [5.41, 5.74) is 15.6. The largest absolute Gasteiger partial charge is 0.458 e. The van der Waals surface area contributed by atoms with Crippen molar-refractivity contribution in [2.75, 3.05) is 4.90 Å². The third kappa shape index (κ3) is 5.29. The first kappa shape index (κ1) is 31.3. The highest BCUT2D eigenvalue weighted by Crippen LogP contribution is 2.39. The molecule has 0 radical (unpaired) electrons. The smallest absolute Gasteiger partial charge is 0.251 e. The fourth-order valence-electron chi connectivity index (χ4n) is 8.19. The lowest BCUT2D eigenvalue weighted by Crippen LogP contribution is -2.57. The number of fused-ring (bicyclic) bond motifs is 4. The summed E-state index contributed by atoms with van der Waals surface area (Å²) in [5.74, 6) is 3.13. The maximum absolute atomic E-state index is 6.86. The minimum absolute atomic E-state index is 0.0772. The quantitative estimate of drug-likeness (QED) is 0.172. The highest BCUT2D eigenvalue weighted by Gasteiger charge is 2.38. The van der Waals surface area contributed by atoms with E-state index in [-0.39, 0.29) is 13.4 Å². The Kier molecular flexibility index (Phi) is 7.99. The van der Waals surface area contributed by atoms with Crippen molar-refractivity contribution in [1.29, 1.82) is 0 Å². The SMILES string of the molecule is CC(C)c1cc(C(C)C)c(B2c3ccccc3Oc3cc(N4c5ccccc5B(c5ccccc5)c5ccccc54)ccc32)c(C(C)C)c1. The molecule has 0 saturated carbocycles. The Bertz CT molecular complexity index is 2090. The maximum Gasteiger partial charge on any atom is 0.251 e. The third-order valence-corrected chi connectivity index (χ3v) is 10.6. The summed E-state index contributed by atoms with van der Waals surface area (Å²) >= 11 is 0. The summed E-state index contributed by atoms with van der Waals surface area (Å²) in [4.78, 5) is 2.43. The van der Waals surface area contributed by atoms with Crippen LogP contribution in [0.3, 0.4) is 0 Å². The van der Waals surface area contributed by atoms with Gasteiger partial charge in [-0.25, -0.2) is 0 Å². The molecule has 8 rings (SSSR count). The van der Waals surface area contributed by atoms with Crippen molar-refractivity contribution in [2.24, 2.45) is 0 Å². The maximum atomic E-state index is 6.86. The van der Waals surface area contributed by atoms with Gasteiger partial charge in [-0.3, -0.25) is 0 Å². The molecule has 4 heteroatoms. The van der Waals surface area contributed by atoms with Gasteiger partial charge in [0, 0.05) is 23.1 Å². The van der Waals surface area contributed by atoms with Gasteiger partial charge >= 0.3 is 0 Å². The molecule has 6 aromatic rings. The molecule has 0 saturated heterocycles. The van der Waals surface area contributed by atoms with Crippen molar-refractivity contribution in [3.63, 3.8) is 0 Å². The molecule has 0 atom stereocenters. The molecule has 2 aliphatic rings. The van der Waals surface area contributed by atoms with E-state index < -0.39 is 0 Å². The number of para-hydroxylation sites is 3. The highest BCUT2D eigenvalue weighted by atomic mass is 16.5. The minimum atomic E-state index is 0.0772. The Labute approximate surface area is 293 Å². The van der Waals surface area contributed by atoms with Crippen LogP contribution in [0.2, 0.25) is 0 Å². The molecular weight excluding hydrogens is 592 g/mol. The zero-order valence-corrected chi connectivity index (χ0v) is 29.4. The average molecular weight is 635 g/mol. The van der Waals surface area contributed by atoms with Crippen molar-refractivity contribution in [3.05, 3.63) is 150 Å². The van der Waals surface area contributed by atoms with E-state index in [1.807, 2.05) is 0 Å². The van der Waals surface area contributed by atoms with E-state index in [4.69, 9.17) is 4.74 Å². The summed E-state index contributed by atoms with van der Waals surface area (Å²) in [5, 5.41) is 0. The molecule has 2 aliphatic heterocycles. The van der Waals surface area contributed by atoms with Gasteiger partial charge < -0.3 is 9.64 Å². The molecule has 0 N–H and O–H groups in total. The molecule has 0 aliphatic carbocycles. The summed E-state index contributed by atoms with van der Waals surface area (Å²) in [6.07, 6.45) is 0. The number of hydrogen-bond donors (Lipinski definition) is 0. The van der Waals surface area contributed by atoms with Gasteiger partial charge in [-0.1, -0.05) is 156 Å². The lowest BCUT2D eigenvalue weighted by atomic mass is 9.34. The zero-order chi connectivity index (χ0) is 33.8. The molecule has 240 valence electrons. The molecule has 0 amide bonds. The van der Waals surface area contributed by atoms with Crippen LogP contribution in [0, 0.1) is 0 Å². The first-order valence-corrected chi connectivity index (χ1v) is 17.9. The lowest BCUT2D eigenvalue weighted by Gasteiger charge is -2.38. The van der Waals surface area contributed by atoms with Crippen molar-refractivity contribution >= 4 is 63.3 Å². The molecule has 2 heterocycles. The topological polar surface area (TPSA) is 12.5 Å². The normalized spacial score (nSPS) is 13.3. The van der Waals surface area contributed by atoms with Gasteiger partial charge in [0.25, 0.3) is 6.71 Å². The monoisotopic (exact) mass is 635 g/mol. The van der Waals surface area contributed by atoms with Crippen LogP contribution in [-0.4, -0.2) is 13.4 Å². The molecule has 0 unspecified atom stereocenters. The van der Waals surface area contributed by atoms with Crippen molar-refractivity contribution < 1.29 is 4.74 Å². The van der Waals surface area contributed by atoms with Crippen LogP contribution in [-0.2, 0) is 0 Å². The second kappa shape index (κ2) is 12.5. The number of rotatable bonds is 6. The standard InChI is InChI=1S/C45H43B2NO/c1-29(2)32-26-35(30(3)4)45(36(27-32)31(5)6)47-39-20-12-15-23-43(39)49-44-28-34(24-25-40(44)47)48-41-21-13-10-18-37(41)46(33-16-8-7-9-17-33)38-19-11-14-22-42(38)48/h7-31H,1-6H3. The van der Waals surface area contributed by atoms with Crippen LogP contribution >= 0.6 is 0 Å². The second-order valence-electron chi connectivity index (χ2n) is 14.7. The van der Waals surface area contributed by atoms with E-state index in [2.05, 4.69) is 180 Å². The van der Waals surface area contributed by atoms with Crippen LogP contribution in [0.15, 0.2) is 133 Å². The third-order valence-electron chi connectivity index (χ3n) is 10.6. The Balaban J connectivity index is 1.33. The van der Waals surface area contributed by atoms with Gasteiger partial charge in [-0.15, -0.1) is 0 Å². The molecule has 0 bridgehead atoms. The van der Waals surface area contributed by atoms with Gasteiger partial charge in [0.2, 0.25) is 6.71 Å². The minimum Gasteiger partial charge on any atom is -0.458 e. The van der Waals surface area contributed by atoms with Gasteiger partial charge in [0.05, 0.1) is 0 Å². The fourth-order valence-corrected chi connectivity index (χ4v) is 8.19. The first-order valence-electron chi connectivity index (χ1n) is 17.9. The molecule has 0 aromatic heterocycles. The van der Waals surface area contributed by atoms with E-state index in [1.165, 1.54) is 60.8 Å². The number of benzene rings is 6. The lowest BCUT2D eigenvalue weighted by molar-refractivity contribution is 0.487. The summed E-state index contributed by atoms with van der Waals surface area (Å²) in [7, 11) is 0. The van der Waals surface area contributed by atoms with E-state index >= 15 is 0 Å². The fraction of sp³-hybridized carbons (Fsp3) is 0.200. The Morgan fingerprint density at radius 3 is 1.59 bits per heavy atom. The molecular formula is C45H43B2NO. The van der Waals surface area contributed by atoms with E-state index in [9.17, 15) is 0 Å². The van der Waals surface area contributed by atoms with Crippen molar-refractivity contribution in [2.45, 2.75) is 59.3 Å². The summed E-state index contributed by atoms with van der Waals surface area (Å²) in [6, 6.07) is 49.2. The van der Waals surface area contributed by atoms with Gasteiger partial charge in [0.1, 0.15) is 11.5 Å². The molecule has 0 fully saturated rings. The number of nitrogens with zero attached hydrogens (tertiary/aromatic N) is 1. The van der Waals surface area contributed by atoms with Crippen LogP contribution in [0.4, 0.5) is 17.1 Å². The summed E-state index contributed by atoms with van der Waals surface area (Å²) in [6.45, 7) is 14.2. The zero-order valence-electron chi connectivity index (χ0n) is 29.4. The number of ether oxygens (including phenoxy) is 1. The molecule has 2 nitrogen and oxygen atoms in total. The summed E-state index contributed by atoms with van der Waals surface area (Å²) < 4.78 is 6.86. The van der Waals surface area contributed by atoms with E-state index in [1.54, 1.807) is 0 Å². The Hall–Kier alpha value is -4.95. The first-order chi connectivity index (χ1) is 23.8. The molecule has 49 heavy (non-hydrogen) atoms. The van der Waals surface area contributed by atoms with Gasteiger partial charge in [-0.2, -0.15) is 0 Å². The van der Waals surface area contributed by atoms with Gasteiger partial charge in [0.15, 0.2) is 0 Å². The van der Waals surface area contributed by atoms with Crippen LogP contribution in [0.1, 0.15) is 76.0 Å². The molecule has 0 spiro atoms. The highest BCUT2D eigenvalue weighted by molar-refractivity contribution is 6.98. The van der Waals surface area contributed by atoms with Crippen LogP contribution < -0.4 is 42.4 Å². The van der Waals surface area contributed by atoms with Crippen molar-refractivity contribution in [3.8, 4) is 11.5 Å². The van der Waals surface area contributed by atoms with Crippen LogP contribution in [0.25, 0.3) is 0 Å². The average Bonchev–Trinajstić information content (AvgIpc) is 3.12. The predicted octanol–water partition coefficient (Wildman–Crippen LogP) is 7.98. The van der Waals surface area contributed by atoms with Gasteiger partial charge in [-0.05, 0) is 80.6 Å². The number of anilines is 3. The van der Waals surface area contributed by atoms with Crippen molar-refractivity contribution in [1.82, 2.24) is 0 Å². The Morgan fingerprint density at radius 1 is 0.469 bits per heavy atom. The van der Waals surface area contributed by atoms with E-state index in [0.717, 1.165) is 17.2 Å². The van der Waals surface area contributed by atoms with E-state index in [0.29, 0.717) is 17.8 Å². The predicted molar refractivity (Wildman–Crippen MR) is 212 cm³/mol. The second-order valence-corrected chi connectivity index (χ2v) is 14.7. The van der Waals surface area contributed by atoms with Crippen LogP contribution in [0.5, 0.6) is 11.5 Å². The number of hydrogen-bond acceptors (Lipinski definition) is 2.